The summed E-state index contributed by atoms with van der Waals surface area (Å²) in [6.07, 6.45) is -0.137. The van der Waals surface area contributed by atoms with Crippen molar-refractivity contribution in [2.45, 2.75) is 51.1 Å². The van der Waals surface area contributed by atoms with Crippen LogP contribution in [0.3, 0.4) is 0 Å². The highest BCUT2D eigenvalue weighted by atomic mass is 19.2. The van der Waals surface area contributed by atoms with Crippen LogP contribution in [0.2, 0.25) is 0 Å². The van der Waals surface area contributed by atoms with E-state index < -0.39 is 18.4 Å². The van der Waals surface area contributed by atoms with Gasteiger partial charge in [-0.3, -0.25) is 0 Å². The normalized spacial score (nSPS) is 40.6. The molecule has 0 amide bonds. The van der Waals surface area contributed by atoms with E-state index in [1.54, 1.807) is 0 Å². The van der Waals surface area contributed by atoms with E-state index in [-0.39, 0.29) is 5.92 Å². The van der Waals surface area contributed by atoms with Crippen molar-refractivity contribution >= 4 is 0 Å². The fraction of sp³-hybridized carbons (Fsp3) is 1.00. The fourth-order valence-electron chi connectivity index (χ4n) is 2.08. The van der Waals surface area contributed by atoms with Gasteiger partial charge in [-0.25, -0.2) is 8.78 Å². The Labute approximate surface area is 78.5 Å². The zero-order valence-corrected chi connectivity index (χ0v) is 8.30. The maximum Gasteiger partial charge on any atom is 0.157 e. The van der Waals surface area contributed by atoms with Crippen LogP contribution in [0.5, 0.6) is 0 Å². The van der Waals surface area contributed by atoms with Crippen molar-refractivity contribution in [2.24, 2.45) is 5.92 Å². The molecule has 1 fully saturated rings. The summed E-state index contributed by atoms with van der Waals surface area (Å²) in [7, 11) is 1.45. The first-order valence-electron chi connectivity index (χ1n) is 5.01. The lowest BCUT2D eigenvalue weighted by Gasteiger charge is -2.33. The van der Waals surface area contributed by atoms with Gasteiger partial charge in [-0.15, -0.1) is 0 Å². The van der Waals surface area contributed by atoms with Crippen molar-refractivity contribution in [3.63, 3.8) is 0 Å². The minimum Gasteiger partial charge on any atom is -0.378 e. The van der Waals surface area contributed by atoms with Gasteiger partial charge in [0.05, 0.1) is 6.10 Å². The van der Waals surface area contributed by atoms with Crippen LogP contribution in [0.4, 0.5) is 8.78 Å². The van der Waals surface area contributed by atoms with Crippen molar-refractivity contribution in [3.8, 4) is 0 Å². The number of ether oxygens (including phenoxy) is 1. The average Bonchev–Trinajstić information content (AvgIpc) is 2.14. The molecule has 4 unspecified atom stereocenters. The predicted octanol–water partition coefficient (Wildman–Crippen LogP) is 2.89. The number of hydrogen-bond donors (Lipinski definition) is 0. The third-order valence-corrected chi connectivity index (χ3v) is 2.89. The van der Waals surface area contributed by atoms with E-state index in [1.165, 1.54) is 7.11 Å². The molecule has 0 spiro atoms. The monoisotopic (exact) mass is 192 g/mol. The van der Waals surface area contributed by atoms with Gasteiger partial charge in [0, 0.05) is 7.11 Å². The fourth-order valence-corrected chi connectivity index (χ4v) is 2.08. The van der Waals surface area contributed by atoms with Gasteiger partial charge in [-0.1, -0.05) is 13.3 Å². The van der Waals surface area contributed by atoms with Crippen LogP contribution in [0.1, 0.15) is 32.6 Å². The largest absolute Gasteiger partial charge is 0.378 e. The van der Waals surface area contributed by atoms with Crippen molar-refractivity contribution < 1.29 is 13.5 Å². The molecule has 0 aromatic carbocycles. The smallest absolute Gasteiger partial charge is 0.157 e. The molecular weight excluding hydrogens is 174 g/mol. The zero-order chi connectivity index (χ0) is 9.84. The minimum atomic E-state index is -1.42. The maximum absolute atomic E-state index is 13.4. The minimum absolute atomic E-state index is 0.0913. The number of rotatable bonds is 3. The topological polar surface area (TPSA) is 9.23 Å². The first-order valence-corrected chi connectivity index (χ1v) is 5.01. The Balaban J connectivity index is 2.48. The molecule has 0 aliphatic heterocycles. The van der Waals surface area contributed by atoms with Crippen LogP contribution in [-0.2, 0) is 4.74 Å². The lowest BCUT2D eigenvalue weighted by molar-refractivity contribution is -0.0572. The molecule has 4 atom stereocenters. The van der Waals surface area contributed by atoms with E-state index in [0.29, 0.717) is 6.42 Å². The Hall–Kier alpha value is -0.180. The van der Waals surface area contributed by atoms with Crippen molar-refractivity contribution in [2.75, 3.05) is 7.11 Å². The molecule has 0 bridgehead atoms. The van der Waals surface area contributed by atoms with Gasteiger partial charge >= 0.3 is 0 Å². The lowest BCUT2D eigenvalue weighted by Crippen LogP contribution is -2.42. The van der Waals surface area contributed by atoms with E-state index in [1.807, 2.05) is 6.92 Å². The van der Waals surface area contributed by atoms with Crippen molar-refractivity contribution in [1.29, 1.82) is 0 Å². The van der Waals surface area contributed by atoms with Gasteiger partial charge in [-0.05, 0) is 25.2 Å². The first-order chi connectivity index (χ1) is 6.20. The van der Waals surface area contributed by atoms with Crippen LogP contribution in [0.25, 0.3) is 0 Å². The molecule has 0 aromatic rings. The van der Waals surface area contributed by atoms with Gasteiger partial charge in [-0.2, -0.15) is 0 Å². The van der Waals surface area contributed by atoms with Gasteiger partial charge < -0.3 is 4.74 Å². The lowest BCUT2D eigenvalue weighted by atomic mass is 9.82. The first kappa shape index (κ1) is 10.9. The summed E-state index contributed by atoms with van der Waals surface area (Å²) < 4.78 is 31.6. The van der Waals surface area contributed by atoms with E-state index >= 15 is 0 Å². The molecular formula is C10H18F2O. The molecule has 13 heavy (non-hydrogen) atoms. The Kier molecular flexibility index (Phi) is 4.10. The second-order valence-corrected chi connectivity index (χ2v) is 3.79. The SMILES string of the molecule is CCCC1CCC(OC)C(F)C1F. The van der Waals surface area contributed by atoms with E-state index in [4.69, 9.17) is 4.74 Å². The highest BCUT2D eigenvalue weighted by Crippen LogP contribution is 2.33. The highest BCUT2D eigenvalue weighted by molar-refractivity contribution is 4.88. The molecule has 0 aromatic heterocycles. The quantitative estimate of drug-likeness (QED) is 0.668. The molecule has 3 heteroatoms. The summed E-state index contributed by atoms with van der Waals surface area (Å²) in [6.45, 7) is 2.00. The van der Waals surface area contributed by atoms with Crippen LogP contribution in [0, 0.1) is 5.92 Å². The molecule has 1 rings (SSSR count). The summed E-state index contributed by atoms with van der Waals surface area (Å²) in [5.74, 6) is -0.0913. The third-order valence-electron chi connectivity index (χ3n) is 2.89. The molecule has 0 radical (unpaired) electrons. The molecule has 1 aliphatic carbocycles. The number of methoxy groups -OCH3 is 1. The van der Waals surface area contributed by atoms with Crippen LogP contribution < -0.4 is 0 Å². The standard InChI is InChI=1S/C10H18F2O/c1-3-4-7-5-6-8(13-2)10(12)9(7)11/h7-10H,3-6H2,1-2H3. The Morgan fingerprint density at radius 2 is 1.92 bits per heavy atom. The number of hydrogen-bond acceptors (Lipinski definition) is 1. The molecule has 0 heterocycles. The molecule has 1 saturated carbocycles. The molecule has 1 aliphatic rings. The average molecular weight is 192 g/mol. The van der Waals surface area contributed by atoms with Gasteiger partial charge in [0.15, 0.2) is 6.17 Å². The molecule has 78 valence electrons. The van der Waals surface area contributed by atoms with Gasteiger partial charge in [0.25, 0.3) is 0 Å². The Morgan fingerprint density at radius 1 is 1.23 bits per heavy atom. The number of alkyl halides is 2. The molecule has 0 N–H and O–H groups in total. The van der Waals surface area contributed by atoms with E-state index in [2.05, 4.69) is 0 Å². The van der Waals surface area contributed by atoms with Crippen molar-refractivity contribution in [1.82, 2.24) is 0 Å². The van der Waals surface area contributed by atoms with Gasteiger partial charge in [0.2, 0.25) is 0 Å². The highest BCUT2D eigenvalue weighted by Gasteiger charge is 2.39. The summed E-state index contributed by atoms with van der Waals surface area (Å²) in [5, 5.41) is 0. The van der Waals surface area contributed by atoms with Crippen LogP contribution >= 0.6 is 0 Å². The summed E-state index contributed by atoms with van der Waals surface area (Å²) >= 11 is 0. The van der Waals surface area contributed by atoms with Crippen molar-refractivity contribution in [3.05, 3.63) is 0 Å². The maximum atomic E-state index is 13.4. The summed E-state index contributed by atoms with van der Waals surface area (Å²) in [4.78, 5) is 0. The zero-order valence-electron chi connectivity index (χ0n) is 8.30. The summed E-state index contributed by atoms with van der Waals surface area (Å²) in [5.41, 5.74) is 0. The third kappa shape index (κ3) is 2.39. The van der Waals surface area contributed by atoms with Crippen LogP contribution in [-0.4, -0.2) is 25.6 Å². The second kappa shape index (κ2) is 4.89. The van der Waals surface area contributed by atoms with Crippen LogP contribution in [0.15, 0.2) is 0 Å². The van der Waals surface area contributed by atoms with Gasteiger partial charge in [0.1, 0.15) is 6.17 Å². The predicted molar refractivity (Wildman–Crippen MR) is 48.2 cm³/mol. The Bertz CT molecular complexity index is 150. The summed E-state index contributed by atoms with van der Waals surface area (Å²) in [6, 6.07) is 0. The Morgan fingerprint density at radius 3 is 2.46 bits per heavy atom. The van der Waals surface area contributed by atoms with E-state index in [9.17, 15) is 8.78 Å². The molecule has 1 nitrogen and oxygen atoms in total. The second-order valence-electron chi connectivity index (χ2n) is 3.79. The molecule has 0 saturated heterocycles. The number of halogens is 2. The van der Waals surface area contributed by atoms with E-state index in [0.717, 1.165) is 19.3 Å².